The molecule has 0 fully saturated rings. The standard InChI is InChI=1S/C13H19BrFN/c1-3-5-6-10(4-2)16-11-7-8-13(15)12(14)9-11/h7-10,16H,3-6H2,1-2H3. The Morgan fingerprint density at radius 2 is 2.12 bits per heavy atom. The van der Waals surface area contributed by atoms with Crippen molar-refractivity contribution < 1.29 is 4.39 Å². The Balaban J connectivity index is 2.59. The van der Waals surface area contributed by atoms with Crippen molar-refractivity contribution in [2.24, 2.45) is 0 Å². The van der Waals surface area contributed by atoms with Crippen LogP contribution in [0.1, 0.15) is 39.5 Å². The molecule has 0 bridgehead atoms. The number of unbranched alkanes of at least 4 members (excludes halogenated alkanes) is 1. The van der Waals surface area contributed by atoms with Crippen LogP contribution in [0.3, 0.4) is 0 Å². The molecule has 16 heavy (non-hydrogen) atoms. The molecule has 1 unspecified atom stereocenters. The molecule has 3 heteroatoms. The summed E-state index contributed by atoms with van der Waals surface area (Å²) in [6.07, 6.45) is 4.70. The predicted octanol–water partition coefficient (Wildman–Crippen LogP) is 4.97. The van der Waals surface area contributed by atoms with E-state index in [4.69, 9.17) is 0 Å². The Bertz CT molecular complexity index is 328. The lowest BCUT2D eigenvalue weighted by Crippen LogP contribution is -2.18. The van der Waals surface area contributed by atoms with Gasteiger partial charge in [-0.1, -0.05) is 26.7 Å². The Morgan fingerprint density at radius 1 is 1.38 bits per heavy atom. The highest BCUT2D eigenvalue weighted by molar-refractivity contribution is 9.10. The van der Waals surface area contributed by atoms with Gasteiger partial charge in [0.2, 0.25) is 0 Å². The summed E-state index contributed by atoms with van der Waals surface area (Å²) in [5, 5.41) is 3.43. The highest BCUT2D eigenvalue weighted by atomic mass is 79.9. The maximum atomic E-state index is 13.0. The van der Waals surface area contributed by atoms with Gasteiger partial charge in [-0.25, -0.2) is 4.39 Å². The molecule has 1 atom stereocenters. The van der Waals surface area contributed by atoms with Crippen LogP contribution in [0.15, 0.2) is 22.7 Å². The zero-order valence-electron chi connectivity index (χ0n) is 9.89. The predicted molar refractivity (Wildman–Crippen MR) is 71.3 cm³/mol. The van der Waals surface area contributed by atoms with Gasteiger partial charge >= 0.3 is 0 Å². The zero-order chi connectivity index (χ0) is 12.0. The van der Waals surface area contributed by atoms with Gasteiger partial charge in [-0.2, -0.15) is 0 Å². The van der Waals surface area contributed by atoms with E-state index in [0.717, 1.165) is 12.1 Å². The number of hydrogen-bond donors (Lipinski definition) is 1. The minimum Gasteiger partial charge on any atom is -0.382 e. The lowest BCUT2D eigenvalue weighted by Gasteiger charge is -2.18. The van der Waals surface area contributed by atoms with E-state index in [-0.39, 0.29) is 5.82 Å². The van der Waals surface area contributed by atoms with Crippen molar-refractivity contribution in [3.05, 3.63) is 28.5 Å². The van der Waals surface area contributed by atoms with Gasteiger partial charge in [0, 0.05) is 11.7 Å². The third-order valence-electron chi connectivity index (χ3n) is 2.69. The quantitative estimate of drug-likeness (QED) is 0.779. The van der Waals surface area contributed by atoms with E-state index in [1.54, 1.807) is 12.1 Å². The monoisotopic (exact) mass is 287 g/mol. The average molecular weight is 288 g/mol. The minimum absolute atomic E-state index is 0.216. The van der Waals surface area contributed by atoms with Crippen LogP contribution in [0.2, 0.25) is 0 Å². The largest absolute Gasteiger partial charge is 0.382 e. The molecule has 1 aromatic rings. The van der Waals surface area contributed by atoms with Crippen LogP contribution < -0.4 is 5.32 Å². The van der Waals surface area contributed by atoms with Gasteiger partial charge in [0.25, 0.3) is 0 Å². The molecule has 0 aliphatic rings. The topological polar surface area (TPSA) is 12.0 Å². The number of nitrogens with one attached hydrogen (secondary N) is 1. The molecular weight excluding hydrogens is 269 g/mol. The molecule has 90 valence electrons. The van der Waals surface area contributed by atoms with Crippen molar-refractivity contribution in [2.45, 2.75) is 45.6 Å². The van der Waals surface area contributed by atoms with E-state index in [0.29, 0.717) is 10.5 Å². The van der Waals surface area contributed by atoms with E-state index < -0.39 is 0 Å². The van der Waals surface area contributed by atoms with Crippen LogP contribution in [0, 0.1) is 5.82 Å². The molecule has 1 rings (SSSR count). The molecule has 0 heterocycles. The first kappa shape index (κ1) is 13.5. The summed E-state index contributed by atoms with van der Waals surface area (Å²) in [7, 11) is 0. The first-order valence-electron chi connectivity index (χ1n) is 5.89. The fourth-order valence-electron chi connectivity index (χ4n) is 1.65. The van der Waals surface area contributed by atoms with Crippen LogP contribution >= 0.6 is 15.9 Å². The van der Waals surface area contributed by atoms with Crippen molar-refractivity contribution in [1.82, 2.24) is 0 Å². The molecule has 1 nitrogen and oxygen atoms in total. The van der Waals surface area contributed by atoms with Gasteiger partial charge in [-0.05, 0) is 47.0 Å². The summed E-state index contributed by atoms with van der Waals surface area (Å²) in [4.78, 5) is 0. The molecule has 1 aromatic carbocycles. The highest BCUT2D eigenvalue weighted by Gasteiger charge is 2.06. The van der Waals surface area contributed by atoms with Crippen molar-refractivity contribution >= 4 is 21.6 Å². The van der Waals surface area contributed by atoms with E-state index in [9.17, 15) is 4.39 Å². The van der Waals surface area contributed by atoms with Crippen molar-refractivity contribution in [3.63, 3.8) is 0 Å². The molecule has 0 radical (unpaired) electrons. The van der Waals surface area contributed by atoms with E-state index >= 15 is 0 Å². The molecule has 1 N–H and O–H groups in total. The number of halogens is 2. The third-order valence-corrected chi connectivity index (χ3v) is 3.30. The smallest absolute Gasteiger partial charge is 0.137 e. The van der Waals surface area contributed by atoms with Crippen LogP contribution in [0.4, 0.5) is 10.1 Å². The molecule has 0 aliphatic heterocycles. The maximum Gasteiger partial charge on any atom is 0.137 e. The number of rotatable bonds is 6. The Labute approximate surface area is 106 Å². The van der Waals surface area contributed by atoms with Crippen molar-refractivity contribution in [3.8, 4) is 0 Å². The fraction of sp³-hybridized carbons (Fsp3) is 0.538. The van der Waals surface area contributed by atoms with Gasteiger partial charge in [0.05, 0.1) is 4.47 Å². The number of hydrogen-bond acceptors (Lipinski definition) is 1. The second-order valence-electron chi connectivity index (χ2n) is 4.02. The minimum atomic E-state index is -0.216. The second-order valence-corrected chi connectivity index (χ2v) is 4.87. The molecule has 0 aliphatic carbocycles. The molecule has 0 spiro atoms. The van der Waals surface area contributed by atoms with Crippen molar-refractivity contribution in [1.29, 1.82) is 0 Å². The van der Waals surface area contributed by atoms with Crippen LogP contribution in [-0.4, -0.2) is 6.04 Å². The summed E-state index contributed by atoms with van der Waals surface area (Å²) in [6.45, 7) is 4.37. The molecule has 0 saturated carbocycles. The lowest BCUT2D eigenvalue weighted by molar-refractivity contribution is 0.592. The summed E-state index contributed by atoms with van der Waals surface area (Å²) < 4.78 is 13.6. The summed E-state index contributed by atoms with van der Waals surface area (Å²) in [5.41, 5.74) is 0.983. The third kappa shape index (κ3) is 4.12. The van der Waals surface area contributed by atoms with Crippen molar-refractivity contribution in [2.75, 3.05) is 5.32 Å². The van der Waals surface area contributed by atoms with Gasteiger partial charge < -0.3 is 5.32 Å². The Morgan fingerprint density at radius 3 is 2.69 bits per heavy atom. The number of benzene rings is 1. The first-order valence-corrected chi connectivity index (χ1v) is 6.68. The molecule has 0 aromatic heterocycles. The fourth-order valence-corrected chi connectivity index (χ4v) is 2.03. The number of anilines is 1. The van der Waals surface area contributed by atoms with E-state index in [2.05, 4.69) is 35.1 Å². The highest BCUT2D eigenvalue weighted by Crippen LogP contribution is 2.21. The molecule has 0 amide bonds. The van der Waals surface area contributed by atoms with Gasteiger partial charge in [-0.3, -0.25) is 0 Å². The van der Waals surface area contributed by atoms with Crippen LogP contribution in [0.5, 0.6) is 0 Å². The summed E-state index contributed by atoms with van der Waals surface area (Å²) >= 11 is 3.20. The molecule has 0 saturated heterocycles. The van der Waals surface area contributed by atoms with Gasteiger partial charge in [0.15, 0.2) is 0 Å². The summed E-state index contributed by atoms with van der Waals surface area (Å²) in [5.74, 6) is -0.216. The SMILES string of the molecule is CCCCC(CC)Nc1ccc(F)c(Br)c1. The summed E-state index contributed by atoms with van der Waals surface area (Å²) in [6, 6.07) is 5.55. The first-order chi connectivity index (χ1) is 7.67. The van der Waals surface area contributed by atoms with Crippen LogP contribution in [0.25, 0.3) is 0 Å². The Kier molecular flexibility index (Phi) is 5.81. The molecular formula is C13H19BrFN. The zero-order valence-corrected chi connectivity index (χ0v) is 11.5. The van der Waals surface area contributed by atoms with E-state index in [1.807, 2.05) is 0 Å². The van der Waals surface area contributed by atoms with Gasteiger partial charge in [0.1, 0.15) is 5.82 Å². The maximum absolute atomic E-state index is 13.0. The second kappa shape index (κ2) is 6.89. The van der Waals surface area contributed by atoms with Crippen LogP contribution in [-0.2, 0) is 0 Å². The lowest BCUT2D eigenvalue weighted by atomic mass is 10.1. The normalized spacial score (nSPS) is 12.5. The van der Waals surface area contributed by atoms with E-state index in [1.165, 1.54) is 25.3 Å². The Hall–Kier alpha value is -0.570. The van der Waals surface area contributed by atoms with Gasteiger partial charge in [-0.15, -0.1) is 0 Å². The average Bonchev–Trinajstić information content (AvgIpc) is 2.29.